The van der Waals surface area contributed by atoms with Gasteiger partial charge in [0.05, 0.1) is 6.54 Å². The average Bonchev–Trinajstić information content (AvgIpc) is 3.19. The van der Waals surface area contributed by atoms with Crippen molar-refractivity contribution in [2.75, 3.05) is 25.5 Å². The van der Waals surface area contributed by atoms with Crippen molar-refractivity contribution in [3.05, 3.63) is 26.9 Å². The van der Waals surface area contributed by atoms with Crippen molar-refractivity contribution in [1.82, 2.24) is 15.1 Å². The third-order valence-corrected chi connectivity index (χ3v) is 5.44. The number of hydrogen-bond donors (Lipinski definition) is 1. The van der Waals surface area contributed by atoms with E-state index in [1.807, 2.05) is 11.9 Å². The maximum Gasteiger partial charge on any atom is 0.240 e. The molecule has 1 amide bonds. The lowest BCUT2D eigenvalue weighted by Crippen LogP contribution is -2.29. The van der Waals surface area contributed by atoms with Gasteiger partial charge in [-0.2, -0.15) is 0 Å². The zero-order valence-electron chi connectivity index (χ0n) is 13.2. The van der Waals surface area contributed by atoms with Crippen LogP contribution >= 0.6 is 22.7 Å². The fourth-order valence-corrected chi connectivity index (χ4v) is 4.30. The second kappa shape index (κ2) is 7.48. The minimum Gasteiger partial charge on any atom is -0.371 e. The second-order valence-corrected chi connectivity index (χ2v) is 8.06. The minimum absolute atomic E-state index is 0.0443. The topological polar surface area (TPSA) is 67.4 Å². The summed E-state index contributed by atoms with van der Waals surface area (Å²) in [7, 11) is 1.94. The lowest BCUT2D eigenvalue weighted by molar-refractivity contribution is -0.117. The van der Waals surface area contributed by atoms with E-state index < -0.39 is 0 Å². The summed E-state index contributed by atoms with van der Waals surface area (Å²) in [6.45, 7) is 3.95. The fraction of sp³-hybridized carbons (Fsp3) is 0.533. The molecule has 1 fully saturated rings. The number of amides is 1. The lowest BCUT2D eigenvalue weighted by atomic mass is 10.2. The summed E-state index contributed by atoms with van der Waals surface area (Å²) in [4.78, 5) is 16.6. The van der Waals surface area contributed by atoms with Gasteiger partial charge < -0.3 is 4.74 Å². The number of carbonyl (C=O) groups excluding carboxylic acids is 1. The molecule has 3 heterocycles. The number of aryl methyl sites for hydroxylation is 1. The van der Waals surface area contributed by atoms with Gasteiger partial charge in [-0.3, -0.25) is 15.0 Å². The smallest absolute Gasteiger partial charge is 0.240 e. The van der Waals surface area contributed by atoms with Crippen LogP contribution in [0.2, 0.25) is 0 Å². The van der Waals surface area contributed by atoms with Gasteiger partial charge in [-0.25, -0.2) is 0 Å². The molecule has 23 heavy (non-hydrogen) atoms. The van der Waals surface area contributed by atoms with Gasteiger partial charge in [-0.05, 0) is 38.9 Å². The summed E-state index contributed by atoms with van der Waals surface area (Å²) in [5, 5.41) is 12.4. The molecule has 0 aromatic carbocycles. The predicted molar refractivity (Wildman–Crippen MR) is 91.9 cm³/mol. The van der Waals surface area contributed by atoms with E-state index in [9.17, 15) is 4.79 Å². The van der Waals surface area contributed by atoms with Crippen molar-refractivity contribution in [2.24, 2.45) is 0 Å². The lowest BCUT2D eigenvalue weighted by Gasteiger charge is -2.14. The van der Waals surface area contributed by atoms with E-state index >= 15 is 0 Å². The minimum atomic E-state index is -0.0733. The average molecular weight is 352 g/mol. The van der Waals surface area contributed by atoms with Gasteiger partial charge in [0.2, 0.25) is 11.0 Å². The van der Waals surface area contributed by atoms with Crippen LogP contribution in [0.4, 0.5) is 5.13 Å². The number of carbonyl (C=O) groups is 1. The molecule has 2 aromatic rings. The van der Waals surface area contributed by atoms with E-state index in [0.717, 1.165) is 31.0 Å². The molecule has 1 aliphatic heterocycles. The van der Waals surface area contributed by atoms with Crippen LogP contribution in [0.15, 0.2) is 12.1 Å². The van der Waals surface area contributed by atoms with E-state index in [4.69, 9.17) is 4.74 Å². The van der Waals surface area contributed by atoms with Gasteiger partial charge in [0, 0.05) is 22.9 Å². The van der Waals surface area contributed by atoms with Crippen LogP contribution in [0.25, 0.3) is 0 Å². The number of anilines is 1. The van der Waals surface area contributed by atoms with Crippen LogP contribution in [0.3, 0.4) is 0 Å². The first kappa shape index (κ1) is 16.5. The van der Waals surface area contributed by atoms with Gasteiger partial charge in [0.1, 0.15) is 11.1 Å². The van der Waals surface area contributed by atoms with Crippen molar-refractivity contribution >= 4 is 33.7 Å². The van der Waals surface area contributed by atoms with Crippen molar-refractivity contribution in [2.45, 2.75) is 32.4 Å². The fourth-order valence-electron chi connectivity index (χ4n) is 2.48. The zero-order valence-corrected chi connectivity index (χ0v) is 14.9. The molecule has 1 atom stereocenters. The summed E-state index contributed by atoms with van der Waals surface area (Å²) >= 11 is 3.15. The van der Waals surface area contributed by atoms with Crippen LogP contribution in [-0.2, 0) is 16.1 Å². The SMILES string of the molecule is Cc1ccc(CN(C)CC(=O)Nc2nnc(C3CCCO3)s2)s1. The molecule has 1 unspecified atom stereocenters. The van der Waals surface area contributed by atoms with Crippen molar-refractivity contribution in [3.8, 4) is 0 Å². The number of aromatic nitrogens is 2. The molecule has 0 spiro atoms. The molecule has 1 aliphatic rings. The van der Waals surface area contributed by atoms with Crippen LogP contribution < -0.4 is 5.32 Å². The Labute approximate surface area is 143 Å². The van der Waals surface area contributed by atoms with E-state index in [1.165, 1.54) is 21.1 Å². The zero-order chi connectivity index (χ0) is 16.2. The van der Waals surface area contributed by atoms with Crippen LogP contribution in [0.1, 0.15) is 33.7 Å². The summed E-state index contributed by atoms with van der Waals surface area (Å²) in [5.41, 5.74) is 0. The monoisotopic (exact) mass is 352 g/mol. The van der Waals surface area contributed by atoms with E-state index in [2.05, 4.69) is 34.6 Å². The Kier molecular flexibility index (Phi) is 5.37. The van der Waals surface area contributed by atoms with Gasteiger partial charge in [-0.1, -0.05) is 11.3 Å². The van der Waals surface area contributed by atoms with Crippen LogP contribution in [-0.4, -0.2) is 41.2 Å². The quantitative estimate of drug-likeness (QED) is 0.866. The molecule has 0 radical (unpaired) electrons. The Bertz CT molecular complexity index is 664. The maximum absolute atomic E-state index is 12.1. The molecule has 0 aliphatic carbocycles. The highest BCUT2D eigenvalue weighted by Gasteiger charge is 2.22. The Hall–Kier alpha value is -1.35. The summed E-state index contributed by atoms with van der Waals surface area (Å²) in [6.07, 6.45) is 2.08. The molecule has 2 aromatic heterocycles. The largest absolute Gasteiger partial charge is 0.371 e. The molecule has 124 valence electrons. The normalized spacial score (nSPS) is 17.8. The predicted octanol–water partition coefficient (Wildman–Crippen LogP) is 2.83. The molecule has 6 nitrogen and oxygen atoms in total. The van der Waals surface area contributed by atoms with Crippen LogP contribution in [0.5, 0.6) is 0 Å². The van der Waals surface area contributed by atoms with Crippen molar-refractivity contribution < 1.29 is 9.53 Å². The van der Waals surface area contributed by atoms with Gasteiger partial charge in [0.25, 0.3) is 0 Å². The first-order valence-corrected chi connectivity index (χ1v) is 9.22. The summed E-state index contributed by atoms with van der Waals surface area (Å²) in [5.74, 6) is -0.0733. The highest BCUT2D eigenvalue weighted by atomic mass is 32.1. The summed E-state index contributed by atoms with van der Waals surface area (Å²) in [6, 6.07) is 4.20. The van der Waals surface area contributed by atoms with Crippen molar-refractivity contribution in [3.63, 3.8) is 0 Å². The Morgan fingerprint density at radius 1 is 1.43 bits per heavy atom. The third-order valence-electron chi connectivity index (χ3n) is 3.53. The highest BCUT2D eigenvalue weighted by molar-refractivity contribution is 7.15. The molecular formula is C15H20N4O2S2. The standard InChI is InChI=1S/C15H20N4O2S2/c1-10-5-6-11(22-10)8-19(2)9-13(20)16-15-18-17-14(23-15)12-4-3-7-21-12/h5-6,12H,3-4,7-9H2,1-2H3,(H,16,18,20). The Balaban J connectivity index is 1.48. The Morgan fingerprint density at radius 2 is 2.30 bits per heavy atom. The number of ether oxygens (including phenoxy) is 1. The molecule has 0 saturated carbocycles. The van der Waals surface area contributed by atoms with Gasteiger partial charge >= 0.3 is 0 Å². The molecule has 1 saturated heterocycles. The van der Waals surface area contributed by atoms with Crippen LogP contribution in [0, 0.1) is 6.92 Å². The molecule has 3 rings (SSSR count). The Morgan fingerprint density at radius 3 is 3.00 bits per heavy atom. The van der Waals surface area contributed by atoms with E-state index in [0.29, 0.717) is 11.7 Å². The molecule has 8 heteroatoms. The molecular weight excluding hydrogens is 332 g/mol. The van der Waals surface area contributed by atoms with Crippen molar-refractivity contribution in [1.29, 1.82) is 0 Å². The highest BCUT2D eigenvalue weighted by Crippen LogP contribution is 2.31. The third kappa shape index (κ3) is 4.57. The number of thiophene rings is 1. The number of nitrogens with zero attached hydrogens (tertiary/aromatic N) is 3. The number of likely N-dealkylation sites (N-methyl/N-ethyl adjacent to an activating group) is 1. The number of rotatable bonds is 6. The molecule has 1 N–H and O–H groups in total. The van der Waals surface area contributed by atoms with E-state index in [-0.39, 0.29) is 12.0 Å². The molecule has 0 bridgehead atoms. The van der Waals surface area contributed by atoms with E-state index in [1.54, 1.807) is 11.3 Å². The first-order valence-electron chi connectivity index (χ1n) is 7.59. The second-order valence-electron chi connectivity index (χ2n) is 5.68. The van der Waals surface area contributed by atoms with Gasteiger partial charge in [0.15, 0.2) is 0 Å². The first-order chi connectivity index (χ1) is 11.1. The number of nitrogens with one attached hydrogen (secondary N) is 1. The number of hydrogen-bond acceptors (Lipinski definition) is 7. The summed E-state index contributed by atoms with van der Waals surface area (Å²) < 4.78 is 5.58. The maximum atomic E-state index is 12.1. The van der Waals surface area contributed by atoms with Gasteiger partial charge in [-0.15, -0.1) is 21.5 Å².